The number of amides is 1. The van der Waals surface area contributed by atoms with E-state index >= 15 is 0 Å². The second kappa shape index (κ2) is 5.44. The Kier molecular flexibility index (Phi) is 3.65. The second-order valence-corrected chi connectivity index (χ2v) is 6.35. The summed E-state index contributed by atoms with van der Waals surface area (Å²) >= 11 is 1.93. The largest absolute Gasteiger partial charge is 0.454 e. The molecule has 1 saturated heterocycles. The van der Waals surface area contributed by atoms with Gasteiger partial charge in [-0.1, -0.05) is 6.92 Å². The molecular formula is C14H18N2O3S. The van der Waals surface area contributed by atoms with Crippen molar-refractivity contribution in [2.45, 2.75) is 18.6 Å². The maximum Gasteiger partial charge on any atom is 0.256 e. The molecule has 2 N–H and O–H groups in total. The Labute approximate surface area is 122 Å². The van der Waals surface area contributed by atoms with E-state index in [9.17, 15) is 4.79 Å². The standard InChI is InChI=1S/C14H18N2O3S/c1-2-9-7-16(3-4-20-9)14(17)10-5-12-13(6-11(10)15)19-8-18-12/h5-6,9H,2-4,7-8,15H2,1H3. The first-order valence-electron chi connectivity index (χ1n) is 6.79. The van der Waals surface area contributed by atoms with E-state index in [2.05, 4.69) is 6.92 Å². The van der Waals surface area contributed by atoms with Gasteiger partial charge < -0.3 is 20.1 Å². The number of anilines is 1. The maximum absolute atomic E-state index is 12.6. The van der Waals surface area contributed by atoms with Crippen LogP contribution in [0.3, 0.4) is 0 Å². The predicted octanol–water partition coefficient (Wildman–Crippen LogP) is 1.97. The number of thioether (sulfide) groups is 1. The third-order valence-electron chi connectivity index (χ3n) is 3.66. The van der Waals surface area contributed by atoms with Crippen LogP contribution >= 0.6 is 11.8 Å². The average Bonchev–Trinajstić information content (AvgIpc) is 2.92. The number of ether oxygens (including phenoxy) is 2. The number of nitrogens with two attached hydrogens (primary N) is 1. The van der Waals surface area contributed by atoms with Crippen LogP contribution < -0.4 is 15.2 Å². The van der Waals surface area contributed by atoms with Crippen LogP contribution in [-0.2, 0) is 0 Å². The monoisotopic (exact) mass is 294 g/mol. The Hall–Kier alpha value is -1.56. The molecule has 0 saturated carbocycles. The van der Waals surface area contributed by atoms with Gasteiger partial charge in [-0.25, -0.2) is 0 Å². The summed E-state index contributed by atoms with van der Waals surface area (Å²) in [6.45, 7) is 3.90. The van der Waals surface area contributed by atoms with Crippen molar-refractivity contribution in [2.24, 2.45) is 0 Å². The molecule has 2 aliphatic rings. The number of benzene rings is 1. The number of carbonyl (C=O) groups is 1. The normalized spacial score (nSPS) is 21.1. The topological polar surface area (TPSA) is 64.8 Å². The number of rotatable bonds is 2. The minimum absolute atomic E-state index is 0.0143. The lowest BCUT2D eigenvalue weighted by Gasteiger charge is -2.32. The molecule has 1 fully saturated rings. The molecule has 5 nitrogen and oxygen atoms in total. The Balaban J connectivity index is 1.83. The molecule has 0 spiro atoms. The summed E-state index contributed by atoms with van der Waals surface area (Å²) in [5.74, 6) is 2.18. The molecule has 20 heavy (non-hydrogen) atoms. The van der Waals surface area contributed by atoms with Gasteiger partial charge in [0.05, 0.1) is 5.56 Å². The molecular weight excluding hydrogens is 276 g/mol. The highest BCUT2D eigenvalue weighted by Crippen LogP contribution is 2.36. The summed E-state index contributed by atoms with van der Waals surface area (Å²) in [7, 11) is 0. The molecule has 1 aromatic rings. The van der Waals surface area contributed by atoms with Gasteiger partial charge in [0.15, 0.2) is 11.5 Å². The number of hydrogen-bond acceptors (Lipinski definition) is 5. The van der Waals surface area contributed by atoms with E-state index in [1.165, 1.54) is 0 Å². The highest BCUT2D eigenvalue weighted by atomic mass is 32.2. The molecule has 0 aromatic heterocycles. The van der Waals surface area contributed by atoms with Crippen molar-refractivity contribution in [2.75, 3.05) is 31.4 Å². The molecule has 1 unspecified atom stereocenters. The smallest absolute Gasteiger partial charge is 0.256 e. The zero-order chi connectivity index (χ0) is 14.1. The highest BCUT2D eigenvalue weighted by molar-refractivity contribution is 8.00. The van der Waals surface area contributed by atoms with Gasteiger partial charge in [0.1, 0.15) is 0 Å². The van der Waals surface area contributed by atoms with Crippen LogP contribution in [0.1, 0.15) is 23.7 Å². The molecule has 0 radical (unpaired) electrons. The lowest BCUT2D eigenvalue weighted by molar-refractivity contribution is 0.0761. The fourth-order valence-electron chi connectivity index (χ4n) is 2.46. The summed E-state index contributed by atoms with van der Waals surface area (Å²) in [5, 5.41) is 0.517. The average molecular weight is 294 g/mol. The van der Waals surface area contributed by atoms with E-state index in [1.54, 1.807) is 12.1 Å². The molecule has 1 aromatic carbocycles. The molecule has 3 rings (SSSR count). The first-order valence-corrected chi connectivity index (χ1v) is 7.84. The molecule has 1 atom stereocenters. The molecule has 2 aliphatic heterocycles. The Morgan fingerprint density at radius 2 is 2.20 bits per heavy atom. The zero-order valence-electron chi connectivity index (χ0n) is 11.4. The van der Waals surface area contributed by atoms with Gasteiger partial charge in [-0.05, 0) is 12.5 Å². The van der Waals surface area contributed by atoms with Crippen LogP contribution in [0.25, 0.3) is 0 Å². The van der Waals surface area contributed by atoms with E-state index in [0.29, 0.717) is 28.0 Å². The number of nitrogens with zero attached hydrogens (tertiary/aromatic N) is 1. The van der Waals surface area contributed by atoms with Gasteiger partial charge in [0, 0.05) is 35.8 Å². The van der Waals surface area contributed by atoms with Crippen molar-refractivity contribution in [1.29, 1.82) is 0 Å². The lowest BCUT2D eigenvalue weighted by Crippen LogP contribution is -2.42. The first kappa shape index (κ1) is 13.4. The van der Waals surface area contributed by atoms with E-state index in [0.717, 1.165) is 25.3 Å². The van der Waals surface area contributed by atoms with Crippen LogP contribution in [-0.4, -0.2) is 41.7 Å². The van der Waals surface area contributed by atoms with Crippen molar-refractivity contribution in [3.05, 3.63) is 17.7 Å². The minimum atomic E-state index is -0.0143. The first-order chi connectivity index (χ1) is 9.69. The third kappa shape index (κ3) is 2.40. The van der Waals surface area contributed by atoms with Gasteiger partial charge in [-0.2, -0.15) is 11.8 Å². The van der Waals surface area contributed by atoms with Crippen molar-refractivity contribution in [3.63, 3.8) is 0 Å². The van der Waals surface area contributed by atoms with Crippen LogP contribution in [0.5, 0.6) is 11.5 Å². The fourth-order valence-corrected chi connectivity index (χ4v) is 3.64. The summed E-state index contributed by atoms with van der Waals surface area (Å²) in [4.78, 5) is 14.5. The number of hydrogen-bond donors (Lipinski definition) is 1. The second-order valence-electron chi connectivity index (χ2n) is 4.94. The summed E-state index contributed by atoms with van der Waals surface area (Å²) in [6.07, 6.45) is 1.07. The Morgan fingerprint density at radius 1 is 1.45 bits per heavy atom. The summed E-state index contributed by atoms with van der Waals surface area (Å²) in [6, 6.07) is 3.37. The molecule has 2 heterocycles. The summed E-state index contributed by atoms with van der Waals surface area (Å²) < 4.78 is 10.6. The quantitative estimate of drug-likeness (QED) is 0.845. The van der Waals surface area contributed by atoms with Gasteiger partial charge >= 0.3 is 0 Å². The maximum atomic E-state index is 12.6. The van der Waals surface area contributed by atoms with E-state index in [-0.39, 0.29) is 12.7 Å². The Bertz CT molecular complexity index is 535. The highest BCUT2D eigenvalue weighted by Gasteiger charge is 2.27. The third-order valence-corrected chi connectivity index (χ3v) is 5.03. The SMILES string of the molecule is CCC1CN(C(=O)c2cc3c(cc2N)OCO3)CCS1. The molecule has 108 valence electrons. The van der Waals surface area contributed by atoms with Crippen molar-refractivity contribution in [3.8, 4) is 11.5 Å². The van der Waals surface area contributed by atoms with Gasteiger partial charge in [-0.3, -0.25) is 4.79 Å². The molecule has 0 aliphatic carbocycles. The van der Waals surface area contributed by atoms with Crippen LogP contribution in [0.4, 0.5) is 5.69 Å². The van der Waals surface area contributed by atoms with E-state index < -0.39 is 0 Å². The van der Waals surface area contributed by atoms with Gasteiger partial charge in [0.2, 0.25) is 6.79 Å². The number of fused-ring (bicyclic) bond motifs is 1. The molecule has 1 amide bonds. The van der Waals surface area contributed by atoms with Crippen molar-refractivity contribution >= 4 is 23.4 Å². The van der Waals surface area contributed by atoms with E-state index in [1.807, 2.05) is 16.7 Å². The van der Waals surface area contributed by atoms with Crippen LogP contribution in [0, 0.1) is 0 Å². The minimum Gasteiger partial charge on any atom is -0.454 e. The number of carbonyl (C=O) groups excluding carboxylic acids is 1. The predicted molar refractivity (Wildman–Crippen MR) is 79.4 cm³/mol. The zero-order valence-corrected chi connectivity index (χ0v) is 12.2. The van der Waals surface area contributed by atoms with Gasteiger partial charge in [-0.15, -0.1) is 0 Å². The van der Waals surface area contributed by atoms with E-state index in [4.69, 9.17) is 15.2 Å². The fraction of sp³-hybridized carbons (Fsp3) is 0.500. The summed E-state index contributed by atoms with van der Waals surface area (Å²) in [5.41, 5.74) is 6.94. The molecule has 0 bridgehead atoms. The Morgan fingerprint density at radius 3 is 2.95 bits per heavy atom. The van der Waals surface area contributed by atoms with Crippen LogP contribution in [0.2, 0.25) is 0 Å². The molecule has 6 heteroatoms. The lowest BCUT2D eigenvalue weighted by atomic mass is 10.1. The van der Waals surface area contributed by atoms with Crippen molar-refractivity contribution < 1.29 is 14.3 Å². The van der Waals surface area contributed by atoms with Gasteiger partial charge in [0.25, 0.3) is 5.91 Å². The van der Waals surface area contributed by atoms with Crippen LogP contribution in [0.15, 0.2) is 12.1 Å². The number of nitrogen functional groups attached to an aromatic ring is 1. The van der Waals surface area contributed by atoms with Crippen molar-refractivity contribution in [1.82, 2.24) is 4.90 Å².